The van der Waals surface area contributed by atoms with Gasteiger partial charge in [0.15, 0.2) is 0 Å². The molecule has 0 aliphatic heterocycles. The van der Waals surface area contributed by atoms with E-state index in [0.29, 0.717) is 6.04 Å². The Kier molecular flexibility index (Phi) is 9.60. The monoisotopic (exact) mass is 234 g/mol. The lowest BCUT2D eigenvalue weighted by molar-refractivity contribution is 0.0946. The predicted octanol–water partition coefficient (Wildman–Crippen LogP) is 1.20. The molecule has 0 saturated carbocycles. The number of likely N-dealkylation sites (N-methyl/N-ethyl adjacent to an activating group) is 2. The summed E-state index contributed by atoms with van der Waals surface area (Å²) in [6.07, 6.45) is 0. The molecular formula is C11H26N2OS. The molecule has 0 radical (unpaired) electrons. The number of ether oxygens (including phenoxy) is 1. The van der Waals surface area contributed by atoms with Gasteiger partial charge < -0.3 is 9.64 Å². The summed E-state index contributed by atoms with van der Waals surface area (Å²) >= 11 is 4.11. The lowest BCUT2D eigenvalue weighted by atomic mass is 10.2. The summed E-state index contributed by atoms with van der Waals surface area (Å²) in [5.74, 6) is 0.805. The number of thiol groups is 1. The predicted molar refractivity (Wildman–Crippen MR) is 69.9 cm³/mol. The highest BCUT2D eigenvalue weighted by atomic mass is 32.1. The molecule has 3 nitrogen and oxygen atoms in total. The standard InChI is InChI=1S/C11H26N2OS/c1-5-13(6-7-14-8-9-15)11(2)10-12(3)4/h11,15H,5-10H2,1-4H3. The van der Waals surface area contributed by atoms with Crippen LogP contribution in [0.4, 0.5) is 0 Å². The smallest absolute Gasteiger partial charge is 0.0593 e. The van der Waals surface area contributed by atoms with E-state index in [4.69, 9.17) is 4.74 Å². The summed E-state index contributed by atoms with van der Waals surface area (Å²) in [6.45, 7) is 9.22. The quantitative estimate of drug-likeness (QED) is 0.477. The fourth-order valence-electron chi connectivity index (χ4n) is 1.68. The zero-order valence-corrected chi connectivity index (χ0v) is 11.5. The third-order valence-electron chi connectivity index (χ3n) is 2.42. The molecule has 0 aromatic carbocycles. The highest BCUT2D eigenvalue weighted by Gasteiger charge is 2.11. The van der Waals surface area contributed by atoms with E-state index in [-0.39, 0.29) is 0 Å². The molecule has 0 amide bonds. The van der Waals surface area contributed by atoms with Crippen molar-refractivity contribution in [3.63, 3.8) is 0 Å². The first-order valence-electron chi connectivity index (χ1n) is 5.69. The lowest BCUT2D eigenvalue weighted by Crippen LogP contribution is -2.41. The third-order valence-corrected chi connectivity index (χ3v) is 2.60. The van der Waals surface area contributed by atoms with Crippen molar-refractivity contribution in [1.29, 1.82) is 0 Å². The number of nitrogens with zero attached hydrogens (tertiary/aromatic N) is 2. The van der Waals surface area contributed by atoms with Crippen molar-refractivity contribution in [2.45, 2.75) is 19.9 Å². The molecule has 1 atom stereocenters. The van der Waals surface area contributed by atoms with Crippen LogP contribution in [0.2, 0.25) is 0 Å². The SMILES string of the molecule is CCN(CCOCCS)C(C)CN(C)C. The molecule has 0 spiro atoms. The maximum Gasteiger partial charge on any atom is 0.0593 e. The second-order valence-corrected chi connectivity index (χ2v) is 4.52. The molecule has 4 heteroatoms. The van der Waals surface area contributed by atoms with Crippen molar-refractivity contribution in [3.05, 3.63) is 0 Å². The fraction of sp³-hybridized carbons (Fsp3) is 1.00. The van der Waals surface area contributed by atoms with E-state index in [0.717, 1.165) is 38.6 Å². The normalized spacial score (nSPS) is 13.8. The van der Waals surface area contributed by atoms with Crippen LogP contribution in [0.25, 0.3) is 0 Å². The van der Waals surface area contributed by atoms with Crippen LogP contribution >= 0.6 is 12.6 Å². The molecule has 0 aliphatic rings. The Bertz CT molecular complexity index is 145. The van der Waals surface area contributed by atoms with Gasteiger partial charge in [-0.3, -0.25) is 4.90 Å². The van der Waals surface area contributed by atoms with E-state index in [1.54, 1.807) is 0 Å². The average Bonchev–Trinajstić information content (AvgIpc) is 2.16. The minimum atomic E-state index is 0.588. The molecule has 92 valence electrons. The van der Waals surface area contributed by atoms with Gasteiger partial charge >= 0.3 is 0 Å². The van der Waals surface area contributed by atoms with Crippen LogP contribution in [0.5, 0.6) is 0 Å². The summed E-state index contributed by atoms with van der Waals surface area (Å²) in [4.78, 5) is 4.67. The topological polar surface area (TPSA) is 15.7 Å². The summed E-state index contributed by atoms with van der Waals surface area (Å²) in [5.41, 5.74) is 0. The molecule has 0 rings (SSSR count). The first kappa shape index (κ1) is 15.2. The average molecular weight is 234 g/mol. The van der Waals surface area contributed by atoms with Crippen LogP contribution < -0.4 is 0 Å². The molecule has 0 saturated heterocycles. The van der Waals surface area contributed by atoms with Crippen molar-refractivity contribution in [2.24, 2.45) is 0 Å². The van der Waals surface area contributed by atoms with Gasteiger partial charge in [-0.2, -0.15) is 12.6 Å². The van der Waals surface area contributed by atoms with Crippen molar-refractivity contribution in [1.82, 2.24) is 9.80 Å². The number of hydrogen-bond acceptors (Lipinski definition) is 4. The maximum atomic E-state index is 5.44. The Morgan fingerprint density at radius 3 is 2.40 bits per heavy atom. The number of rotatable bonds is 9. The molecule has 0 aliphatic carbocycles. The molecule has 1 unspecified atom stereocenters. The van der Waals surface area contributed by atoms with Gasteiger partial charge in [-0.25, -0.2) is 0 Å². The van der Waals surface area contributed by atoms with Crippen LogP contribution in [-0.2, 0) is 4.74 Å². The second kappa shape index (κ2) is 9.46. The molecule has 0 aromatic heterocycles. The van der Waals surface area contributed by atoms with Gasteiger partial charge in [0.2, 0.25) is 0 Å². The van der Waals surface area contributed by atoms with Crippen LogP contribution in [0.15, 0.2) is 0 Å². The fourth-order valence-corrected chi connectivity index (χ4v) is 1.81. The molecular weight excluding hydrogens is 208 g/mol. The van der Waals surface area contributed by atoms with Gasteiger partial charge in [-0.15, -0.1) is 0 Å². The first-order valence-corrected chi connectivity index (χ1v) is 6.32. The van der Waals surface area contributed by atoms with E-state index in [1.807, 2.05) is 0 Å². The van der Waals surface area contributed by atoms with Crippen molar-refractivity contribution >= 4 is 12.6 Å². The minimum Gasteiger partial charge on any atom is -0.379 e. The van der Waals surface area contributed by atoms with Gasteiger partial charge in [0, 0.05) is 24.9 Å². The first-order chi connectivity index (χ1) is 7.11. The van der Waals surface area contributed by atoms with Gasteiger partial charge in [-0.05, 0) is 27.6 Å². The van der Waals surface area contributed by atoms with Crippen LogP contribution in [-0.4, -0.2) is 68.5 Å². The Morgan fingerprint density at radius 2 is 1.93 bits per heavy atom. The largest absolute Gasteiger partial charge is 0.379 e. The summed E-state index contributed by atoms with van der Waals surface area (Å²) in [7, 11) is 4.23. The van der Waals surface area contributed by atoms with Gasteiger partial charge in [-0.1, -0.05) is 6.92 Å². The van der Waals surface area contributed by atoms with Gasteiger partial charge in [0.05, 0.1) is 13.2 Å². The third kappa shape index (κ3) is 8.08. The zero-order chi connectivity index (χ0) is 11.7. The summed E-state index contributed by atoms with van der Waals surface area (Å²) < 4.78 is 5.44. The Balaban J connectivity index is 3.70. The maximum absolute atomic E-state index is 5.44. The van der Waals surface area contributed by atoms with Crippen molar-refractivity contribution in [2.75, 3.05) is 52.7 Å². The van der Waals surface area contributed by atoms with Crippen molar-refractivity contribution < 1.29 is 4.74 Å². The van der Waals surface area contributed by atoms with Gasteiger partial charge in [0.25, 0.3) is 0 Å². The minimum absolute atomic E-state index is 0.588. The molecule has 0 bridgehead atoms. The zero-order valence-electron chi connectivity index (χ0n) is 10.6. The van der Waals surface area contributed by atoms with Gasteiger partial charge in [0.1, 0.15) is 0 Å². The number of hydrogen-bond donors (Lipinski definition) is 1. The van der Waals surface area contributed by atoms with E-state index in [1.165, 1.54) is 0 Å². The van der Waals surface area contributed by atoms with Crippen LogP contribution in [0, 0.1) is 0 Å². The van der Waals surface area contributed by atoms with Crippen LogP contribution in [0.3, 0.4) is 0 Å². The highest BCUT2D eigenvalue weighted by Crippen LogP contribution is 1.99. The van der Waals surface area contributed by atoms with E-state index < -0.39 is 0 Å². The Hall–Kier alpha value is 0.230. The molecule has 0 fully saturated rings. The highest BCUT2D eigenvalue weighted by molar-refractivity contribution is 7.80. The molecule has 0 heterocycles. The van der Waals surface area contributed by atoms with Crippen LogP contribution in [0.1, 0.15) is 13.8 Å². The summed E-state index contributed by atoms with van der Waals surface area (Å²) in [5, 5.41) is 0. The lowest BCUT2D eigenvalue weighted by Gasteiger charge is -2.29. The van der Waals surface area contributed by atoms with E-state index in [2.05, 4.69) is 50.4 Å². The Morgan fingerprint density at radius 1 is 1.27 bits per heavy atom. The summed E-state index contributed by atoms with van der Waals surface area (Å²) in [6, 6.07) is 0.588. The second-order valence-electron chi connectivity index (χ2n) is 4.08. The van der Waals surface area contributed by atoms with E-state index in [9.17, 15) is 0 Å². The van der Waals surface area contributed by atoms with Crippen molar-refractivity contribution in [3.8, 4) is 0 Å². The molecule has 0 N–H and O–H groups in total. The van der Waals surface area contributed by atoms with E-state index >= 15 is 0 Å². The Labute approximate surface area is 100 Å². The molecule has 0 aromatic rings. The molecule has 15 heavy (non-hydrogen) atoms.